The number of aliphatic hydroxyl groups is 2. The summed E-state index contributed by atoms with van der Waals surface area (Å²) in [5, 5.41) is 15.3. The van der Waals surface area contributed by atoms with Crippen molar-refractivity contribution in [3.05, 3.63) is 0 Å². The zero-order valence-corrected chi connectivity index (χ0v) is 5.92. The molecule has 0 spiro atoms. The van der Waals surface area contributed by atoms with Crippen LogP contribution in [0, 0.1) is 0 Å². The maximum atomic E-state index is 11.9. The van der Waals surface area contributed by atoms with E-state index in [0.717, 1.165) is 0 Å². The van der Waals surface area contributed by atoms with Gasteiger partial charge in [0.05, 0.1) is 0 Å². The second-order valence-corrected chi connectivity index (χ2v) is 2.24. The Bertz CT molecular complexity index is 188. The summed E-state index contributed by atoms with van der Waals surface area (Å²) in [5.74, 6) is -12.8. The van der Waals surface area contributed by atoms with Gasteiger partial charge in [0, 0.05) is 0 Å². The van der Waals surface area contributed by atoms with Gasteiger partial charge in [-0.1, -0.05) is 0 Å². The van der Waals surface area contributed by atoms with Crippen LogP contribution in [0.1, 0.15) is 0 Å². The lowest BCUT2D eigenvalue weighted by atomic mass is 10.1. The molecule has 2 N–H and O–H groups in total. The number of halogens is 8. The molecule has 0 amide bonds. The summed E-state index contributed by atoms with van der Waals surface area (Å²) >= 11 is 0. The van der Waals surface area contributed by atoms with Gasteiger partial charge in [0.2, 0.25) is 0 Å². The molecule has 14 heavy (non-hydrogen) atoms. The molecule has 0 aliphatic carbocycles. The van der Waals surface area contributed by atoms with Crippen LogP contribution < -0.4 is 0 Å². The van der Waals surface area contributed by atoms with Crippen molar-refractivity contribution in [2.24, 2.45) is 0 Å². The van der Waals surface area contributed by atoms with E-state index >= 15 is 0 Å². The topological polar surface area (TPSA) is 40.5 Å². The molecule has 0 atom stereocenters. The molecule has 0 bridgehead atoms. The van der Waals surface area contributed by atoms with Gasteiger partial charge in [-0.15, -0.1) is 0 Å². The molecule has 2 nitrogen and oxygen atoms in total. The van der Waals surface area contributed by atoms with E-state index < -0.39 is 24.1 Å². The highest BCUT2D eigenvalue weighted by Gasteiger charge is 2.79. The van der Waals surface area contributed by atoms with Crippen molar-refractivity contribution < 1.29 is 45.3 Å². The zero-order valence-electron chi connectivity index (χ0n) is 5.92. The van der Waals surface area contributed by atoms with Crippen molar-refractivity contribution in [2.45, 2.75) is 24.1 Å². The summed E-state index contributed by atoms with van der Waals surface area (Å²) in [4.78, 5) is 0. The molecule has 0 aromatic rings. The smallest absolute Gasteiger partial charge is 0.354 e. The fraction of sp³-hybridized carbons (Fsp3) is 1.00. The van der Waals surface area contributed by atoms with Gasteiger partial charge in [-0.3, -0.25) is 0 Å². The average Bonchev–Trinajstić information content (AvgIpc) is 1.81. The highest BCUT2D eigenvalue weighted by Crippen LogP contribution is 2.48. The average molecular weight is 234 g/mol. The van der Waals surface area contributed by atoms with Crippen molar-refractivity contribution in [1.82, 2.24) is 0 Å². The van der Waals surface area contributed by atoms with Crippen LogP contribution in [-0.2, 0) is 0 Å². The second-order valence-electron chi connectivity index (χ2n) is 2.24. The Morgan fingerprint density at radius 3 is 0.929 bits per heavy atom. The van der Waals surface area contributed by atoms with Gasteiger partial charge in [-0.25, -0.2) is 0 Å². The normalized spacial score (nSPS) is 15.9. The van der Waals surface area contributed by atoms with Crippen LogP contribution in [0.15, 0.2) is 0 Å². The third kappa shape index (κ3) is 1.75. The second kappa shape index (κ2) is 2.92. The number of hydrogen-bond donors (Lipinski definition) is 2. The molecule has 0 radical (unpaired) electrons. The first-order valence-corrected chi connectivity index (χ1v) is 2.71. The van der Waals surface area contributed by atoms with Crippen LogP contribution in [0.25, 0.3) is 0 Å². The summed E-state index contributed by atoms with van der Waals surface area (Å²) in [6.07, 6.45) is -13.2. The summed E-state index contributed by atoms with van der Waals surface area (Å²) < 4.78 is 91.7. The quantitative estimate of drug-likeness (QED) is 0.532. The van der Waals surface area contributed by atoms with Gasteiger partial charge in [-0.2, -0.15) is 35.1 Å². The van der Waals surface area contributed by atoms with E-state index in [2.05, 4.69) is 0 Å². The van der Waals surface area contributed by atoms with Crippen molar-refractivity contribution >= 4 is 0 Å². The molecule has 0 aromatic heterocycles. The van der Waals surface area contributed by atoms with Gasteiger partial charge >= 0.3 is 24.1 Å². The fourth-order valence-corrected chi connectivity index (χ4v) is 0.376. The van der Waals surface area contributed by atoms with E-state index in [4.69, 9.17) is 10.2 Å². The molecule has 0 unspecified atom stereocenters. The third-order valence-corrected chi connectivity index (χ3v) is 1.19. The van der Waals surface area contributed by atoms with Crippen LogP contribution in [-0.4, -0.2) is 34.3 Å². The van der Waals surface area contributed by atoms with Crippen molar-refractivity contribution in [2.75, 3.05) is 0 Å². The first-order chi connectivity index (χ1) is 5.75. The van der Waals surface area contributed by atoms with E-state index in [1.54, 1.807) is 0 Å². The van der Waals surface area contributed by atoms with Crippen LogP contribution >= 0.6 is 0 Å². The molecular weight excluding hydrogens is 232 g/mol. The molecule has 0 rings (SSSR count). The van der Waals surface area contributed by atoms with E-state index in [1.807, 2.05) is 0 Å². The van der Waals surface area contributed by atoms with Crippen LogP contribution in [0.3, 0.4) is 0 Å². The highest BCUT2D eigenvalue weighted by molar-refractivity contribution is 4.94. The zero-order chi connectivity index (χ0) is 12.0. The minimum absolute atomic E-state index is 6.14. The Hall–Kier alpha value is -0.640. The lowest BCUT2D eigenvalue weighted by Gasteiger charge is -2.32. The largest absolute Gasteiger partial charge is 0.459 e. The molecule has 0 aromatic carbocycles. The monoisotopic (exact) mass is 234 g/mol. The maximum absolute atomic E-state index is 11.9. The number of alkyl halides is 8. The lowest BCUT2D eigenvalue weighted by molar-refractivity contribution is -0.464. The van der Waals surface area contributed by atoms with Crippen LogP contribution in [0.5, 0.6) is 0 Å². The molecular formula is C4H2F8O2. The number of rotatable bonds is 1. The van der Waals surface area contributed by atoms with Crippen molar-refractivity contribution in [3.8, 4) is 0 Å². The minimum Gasteiger partial charge on any atom is -0.354 e. The number of hydrogen-bond acceptors (Lipinski definition) is 2. The molecule has 10 heteroatoms. The predicted octanol–water partition coefficient (Wildman–Crippen LogP) is 1.43. The summed E-state index contributed by atoms with van der Waals surface area (Å²) in [5.41, 5.74) is 0. The van der Waals surface area contributed by atoms with Crippen LogP contribution in [0.2, 0.25) is 0 Å². The molecule has 0 fully saturated rings. The lowest BCUT2D eigenvalue weighted by Crippen LogP contribution is -2.64. The van der Waals surface area contributed by atoms with Gasteiger partial charge in [-0.05, 0) is 0 Å². The van der Waals surface area contributed by atoms with Gasteiger partial charge in [0.25, 0.3) is 0 Å². The molecule has 0 heterocycles. The predicted molar refractivity (Wildman–Crippen MR) is 24.2 cm³/mol. The first-order valence-electron chi connectivity index (χ1n) is 2.71. The maximum Gasteiger partial charge on any atom is 0.459 e. The molecule has 0 aliphatic rings. The van der Waals surface area contributed by atoms with Crippen LogP contribution in [0.4, 0.5) is 35.1 Å². The van der Waals surface area contributed by atoms with E-state index in [1.165, 1.54) is 0 Å². The molecule has 86 valence electrons. The van der Waals surface area contributed by atoms with Gasteiger partial charge < -0.3 is 10.2 Å². The van der Waals surface area contributed by atoms with Crippen molar-refractivity contribution in [1.29, 1.82) is 0 Å². The molecule has 0 saturated heterocycles. The highest BCUT2D eigenvalue weighted by atomic mass is 19.4. The standard InChI is InChI=1S/C4H2F8O2/c5-1(6,3(7,8)9)2(13,14)4(10,11)12/h13-14H. The Kier molecular flexibility index (Phi) is 2.79. The van der Waals surface area contributed by atoms with E-state index in [9.17, 15) is 35.1 Å². The molecule has 0 saturated carbocycles. The third-order valence-electron chi connectivity index (χ3n) is 1.19. The van der Waals surface area contributed by atoms with Gasteiger partial charge in [0.15, 0.2) is 0 Å². The Labute approximate surface area is 70.7 Å². The molecule has 0 aliphatic heterocycles. The first kappa shape index (κ1) is 13.4. The fourth-order valence-electron chi connectivity index (χ4n) is 0.376. The summed E-state index contributed by atoms with van der Waals surface area (Å²) in [7, 11) is 0. The Morgan fingerprint density at radius 1 is 0.571 bits per heavy atom. The van der Waals surface area contributed by atoms with E-state index in [-0.39, 0.29) is 0 Å². The van der Waals surface area contributed by atoms with Crippen molar-refractivity contribution in [3.63, 3.8) is 0 Å². The summed E-state index contributed by atoms with van der Waals surface area (Å²) in [6.45, 7) is 0. The van der Waals surface area contributed by atoms with E-state index in [0.29, 0.717) is 0 Å². The Balaban J connectivity index is 5.30. The summed E-state index contributed by atoms with van der Waals surface area (Å²) in [6, 6.07) is 0. The van der Waals surface area contributed by atoms with Gasteiger partial charge in [0.1, 0.15) is 0 Å². The SMILES string of the molecule is OC(O)(C(F)(F)F)C(F)(F)C(F)(F)F. The Morgan fingerprint density at radius 2 is 0.857 bits per heavy atom. The minimum atomic E-state index is -6.72.